The first kappa shape index (κ1) is 9.73. The molecule has 2 nitrogen and oxygen atoms in total. The second-order valence-electron chi connectivity index (χ2n) is 4.38. The minimum atomic E-state index is 0.372. The standard InChI is InChI=1S/C12H17NO/c1-9-10(5-3-2-4-8-13)12-7-6-11(9)14-12/h6-7,9-12H,2-5H2,1H3. The zero-order chi connectivity index (χ0) is 9.97. The molecule has 2 aliphatic rings. The van der Waals surface area contributed by atoms with Crippen molar-refractivity contribution in [3.8, 4) is 6.07 Å². The summed E-state index contributed by atoms with van der Waals surface area (Å²) < 4.78 is 5.78. The minimum Gasteiger partial charge on any atom is -0.366 e. The lowest BCUT2D eigenvalue weighted by molar-refractivity contribution is 0.103. The normalized spacial score (nSPS) is 38.9. The van der Waals surface area contributed by atoms with Crippen molar-refractivity contribution in [2.24, 2.45) is 11.8 Å². The number of fused-ring (bicyclic) bond motifs is 2. The molecule has 76 valence electrons. The van der Waals surface area contributed by atoms with E-state index in [4.69, 9.17) is 10.00 Å². The van der Waals surface area contributed by atoms with Gasteiger partial charge in [-0.05, 0) is 24.7 Å². The third-order valence-electron chi connectivity index (χ3n) is 3.50. The van der Waals surface area contributed by atoms with E-state index in [1.165, 1.54) is 12.8 Å². The van der Waals surface area contributed by atoms with Gasteiger partial charge < -0.3 is 4.74 Å². The predicted octanol–water partition coefficient (Wildman–Crippen LogP) is 2.66. The van der Waals surface area contributed by atoms with Crippen molar-refractivity contribution in [3.05, 3.63) is 12.2 Å². The maximum absolute atomic E-state index is 8.43. The van der Waals surface area contributed by atoms with Crippen molar-refractivity contribution < 1.29 is 4.74 Å². The lowest BCUT2D eigenvalue weighted by Crippen LogP contribution is -2.21. The molecule has 0 aromatic carbocycles. The summed E-state index contributed by atoms with van der Waals surface area (Å²) in [7, 11) is 0. The van der Waals surface area contributed by atoms with Gasteiger partial charge in [0.2, 0.25) is 0 Å². The molecule has 0 radical (unpaired) electrons. The van der Waals surface area contributed by atoms with Crippen molar-refractivity contribution in [3.63, 3.8) is 0 Å². The van der Waals surface area contributed by atoms with Crippen LogP contribution in [0.25, 0.3) is 0 Å². The van der Waals surface area contributed by atoms with Gasteiger partial charge in [0.05, 0.1) is 18.3 Å². The van der Waals surface area contributed by atoms with Crippen LogP contribution in [0.4, 0.5) is 0 Å². The van der Waals surface area contributed by atoms with Gasteiger partial charge in [0.25, 0.3) is 0 Å². The van der Waals surface area contributed by atoms with Gasteiger partial charge in [0.15, 0.2) is 0 Å². The van der Waals surface area contributed by atoms with E-state index in [-0.39, 0.29) is 0 Å². The summed E-state index contributed by atoms with van der Waals surface area (Å²) in [5.74, 6) is 1.37. The maximum atomic E-state index is 8.43. The van der Waals surface area contributed by atoms with E-state index < -0.39 is 0 Å². The Bertz CT molecular complexity index is 266. The second kappa shape index (κ2) is 4.14. The molecule has 1 fully saturated rings. The summed E-state index contributed by atoms with van der Waals surface area (Å²) in [6.07, 6.45) is 9.28. The fourth-order valence-electron chi connectivity index (χ4n) is 2.59. The molecule has 2 heterocycles. The molecular weight excluding hydrogens is 174 g/mol. The van der Waals surface area contributed by atoms with Crippen molar-refractivity contribution in [2.45, 2.75) is 44.8 Å². The van der Waals surface area contributed by atoms with Gasteiger partial charge in [-0.25, -0.2) is 0 Å². The number of hydrogen-bond donors (Lipinski definition) is 0. The van der Waals surface area contributed by atoms with E-state index in [0.717, 1.165) is 6.42 Å². The fraction of sp³-hybridized carbons (Fsp3) is 0.750. The fourth-order valence-corrected chi connectivity index (χ4v) is 2.59. The second-order valence-corrected chi connectivity index (χ2v) is 4.38. The van der Waals surface area contributed by atoms with Gasteiger partial charge in [0.1, 0.15) is 0 Å². The molecule has 2 bridgehead atoms. The quantitative estimate of drug-likeness (QED) is 0.505. The average molecular weight is 191 g/mol. The summed E-state index contributed by atoms with van der Waals surface area (Å²) in [5.41, 5.74) is 0. The van der Waals surface area contributed by atoms with Crippen LogP contribution in [-0.2, 0) is 4.74 Å². The topological polar surface area (TPSA) is 33.0 Å². The first-order valence-electron chi connectivity index (χ1n) is 5.53. The Kier molecular flexibility index (Phi) is 2.88. The van der Waals surface area contributed by atoms with E-state index in [1.807, 2.05) is 0 Å². The van der Waals surface area contributed by atoms with Crippen LogP contribution in [0.15, 0.2) is 12.2 Å². The largest absolute Gasteiger partial charge is 0.366 e. The monoisotopic (exact) mass is 191 g/mol. The molecule has 0 N–H and O–H groups in total. The van der Waals surface area contributed by atoms with Crippen molar-refractivity contribution in [2.75, 3.05) is 0 Å². The Labute approximate surface area is 85.6 Å². The molecule has 0 aromatic heterocycles. The lowest BCUT2D eigenvalue weighted by atomic mass is 9.81. The molecule has 0 aromatic rings. The summed E-state index contributed by atoms with van der Waals surface area (Å²) in [4.78, 5) is 0. The molecule has 0 aliphatic carbocycles. The molecule has 1 saturated heterocycles. The molecule has 14 heavy (non-hydrogen) atoms. The minimum absolute atomic E-state index is 0.372. The van der Waals surface area contributed by atoms with Gasteiger partial charge >= 0.3 is 0 Å². The van der Waals surface area contributed by atoms with Crippen molar-refractivity contribution >= 4 is 0 Å². The van der Waals surface area contributed by atoms with Crippen LogP contribution < -0.4 is 0 Å². The third kappa shape index (κ3) is 1.69. The highest BCUT2D eigenvalue weighted by Gasteiger charge is 2.42. The number of nitriles is 1. The van der Waals surface area contributed by atoms with E-state index in [2.05, 4.69) is 25.1 Å². The number of nitrogens with zero attached hydrogens (tertiary/aromatic N) is 1. The van der Waals surface area contributed by atoms with Gasteiger partial charge in [-0.15, -0.1) is 0 Å². The average Bonchev–Trinajstić information content (AvgIpc) is 2.75. The van der Waals surface area contributed by atoms with E-state index in [1.54, 1.807) is 0 Å². The van der Waals surface area contributed by atoms with E-state index in [0.29, 0.717) is 30.5 Å². The molecule has 0 spiro atoms. The number of rotatable bonds is 4. The van der Waals surface area contributed by atoms with Gasteiger partial charge in [-0.2, -0.15) is 5.26 Å². The van der Waals surface area contributed by atoms with Crippen LogP contribution in [0, 0.1) is 23.2 Å². The van der Waals surface area contributed by atoms with E-state index in [9.17, 15) is 0 Å². The molecule has 4 atom stereocenters. The zero-order valence-electron chi connectivity index (χ0n) is 8.65. The zero-order valence-corrected chi connectivity index (χ0v) is 8.65. The highest BCUT2D eigenvalue weighted by Crippen LogP contribution is 2.41. The Morgan fingerprint density at radius 2 is 2.07 bits per heavy atom. The van der Waals surface area contributed by atoms with Crippen molar-refractivity contribution in [1.82, 2.24) is 0 Å². The van der Waals surface area contributed by atoms with Gasteiger partial charge in [0, 0.05) is 6.42 Å². The summed E-state index contributed by atoms with van der Waals surface area (Å²) in [6, 6.07) is 2.19. The molecule has 4 unspecified atom stereocenters. The molecular formula is C12H17NO. The molecule has 2 rings (SSSR count). The first-order chi connectivity index (χ1) is 6.83. The van der Waals surface area contributed by atoms with Crippen LogP contribution in [-0.4, -0.2) is 12.2 Å². The maximum Gasteiger partial charge on any atom is 0.0796 e. The van der Waals surface area contributed by atoms with Crippen LogP contribution in [0.2, 0.25) is 0 Å². The van der Waals surface area contributed by atoms with Gasteiger partial charge in [-0.3, -0.25) is 0 Å². The number of ether oxygens (including phenoxy) is 1. The highest BCUT2D eigenvalue weighted by atomic mass is 16.5. The molecule has 0 amide bonds. The van der Waals surface area contributed by atoms with E-state index >= 15 is 0 Å². The first-order valence-corrected chi connectivity index (χ1v) is 5.53. The summed E-state index contributed by atoms with van der Waals surface area (Å²) in [5, 5.41) is 8.43. The van der Waals surface area contributed by atoms with Crippen LogP contribution >= 0.6 is 0 Å². The molecule has 0 saturated carbocycles. The Morgan fingerprint density at radius 3 is 2.71 bits per heavy atom. The van der Waals surface area contributed by atoms with Crippen molar-refractivity contribution in [1.29, 1.82) is 5.26 Å². The third-order valence-corrected chi connectivity index (χ3v) is 3.50. The number of unbranched alkanes of at least 4 members (excludes halogenated alkanes) is 2. The highest BCUT2D eigenvalue weighted by molar-refractivity contribution is 5.13. The van der Waals surface area contributed by atoms with Gasteiger partial charge in [-0.1, -0.05) is 25.5 Å². The Morgan fingerprint density at radius 1 is 1.29 bits per heavy atom. The Balaban J connectivity index is 1.77. The summed E-state index contributed by atoms with van der Waals surface area (Å²) in [6.45, 7) is 2.28. The Hall–Kier alpha value is -0.810. The van der Waals surface area contributed by atoms with Crippen LogP contribution in [0.3, 0.4) is 0 Å². The summed E-state index contributed by atoms with van der Waals surface area (Å²) >= 11 is 0. The lowest BCUT2D eigenvalue weighted by Gasteiger charge is -2.21. The van der Waals surface area contributed by atoms with Crippen LogP contribution in [0.1, 0.15) is 32.6 Å². The predicted molar refractivity (Wildman–Crippen MR) is 54.5 cm³/mol. The number of hydrogen-bond acceptors (Lipinski definition) is 2. The smallest absolute Gasteiger partial charge is 0.0796 e. The molecule has 2 heteroatoms. The van der Waals surface area contributed by atoms with Crippen LogP contribution in [0.5, 0.6) is 0 Å². The SMILES string of the molecule is CC1C2C=CC(O2)C1CCCCC#N. The molecule has 2 aliphatic heterocycles.